The van der Waals surface area contributed by atoms with E-state index >= 15 is 0 Å². The zero-order valence-electron chi connectivity index (χ0n) is 14.6. The van der Waals surface area contributed by atoms with Gasteiger partial charge in [-0.15, -0.1) is 0 Å². The number of aliphatic imine (C=N–C) groups is 1. The van der Waals surface area contributed by atoms with E-state index in [2.05, 4.69) is 25.0 Å². The highest BCUT2D eigenvalue weighted by atomic mass is 32.1. The number of halogens is 2. The zero-order chi connectivity index (χ0) is 19.3. The van der Waals surface area contributed by atoms with Gasteiger partial charge in [0.1, 0.15) is 11.4 Å². The van der Waals surface area contributed by atoms with Crippen molar-refractivity contribution in [3.8, 4) is 0 Å². The lowest BCUT2D eigenvalue weighted by molar-refractivity contribution is -0.0901. The monoisotopic (exact) mass is 399 g/mol. The van der Waals surface area contributed by atoms with Crippen molar-refractivity contribution < 1.29 is 13.6 Å². The van der Waals surface area contributed by atoms with Crippen LogP contribution in [-0.4, -0.2) is 33.1 Å². The van der Waals surface area contributed by atoms with E-state index in [0.717, 1.165) is 21.6 Å². The smallest absolute Gasteiger partial charge is 0.271 e. The maximum absolute atomic E-state index is 13.0. The van der Waals surface area contributed by atoms with Crippen molar-refractivity contribution in [3.05, 3.63) is 53.5 Å². The zero-order valence-corrected chi connectivity index (χ0v) is 15.4. The van der Waals surface area contributed by atoms with Crippen LogP contribution in [0.4, 0.5) is 14.5 Å². The van der Waals surface area contributed by atoms with Gasteiger partial charge in [0, 0.05) is 41.7 Å². The second-order valence-corrected chi connectivity index (χ2v) is 7.78. The van der Waals surface area contributed by atoms with Gasteiger partial charge in [0.15, 0.2) is 5.84 Å². The molecule has 1 aliphatic carbocycles. The molecule has 9 heteroatoms. The second-order valence-electron chi connectivity index (χ2n) is 6.98. The van der Waals surface area contributed by atoms with Crippen molar-refractivity contribution in [2.75, 3.05) is 5.32 Å². The number of carbonyl (C=O) groups is 1. The molecule has 3 aromatic rings. The van der Waals surface area contributed by atoms with Gasteiger partial charge in [-0.05, 0) is 35.8 Å². The minimum atomic E-state index is -2.67. The van der Waals surface area contributed by atoms with E-state index in [1.807, 2.05) is 24.3 Å². The maximum Gasteiger partial charge on any atom is 0.271 e. The number of alkyl halides is 2. The molecular weight excluding hydrogens is 384 g/mol. The van der Waals surface area contributed by atoms with E-state index in [9.17, 15) is 13.6 Å². The molecule has 2 aliphatic rings. The molecule has 28 heavy (non-hydrogen) atoms. The summed E-state index contributed by atoms with van der Waals surface area (Å²) in [6.45, 7) is 0.596. The van der Waals surface area contributed by atoms with E-state index in [1.54, 1.807) is 12.3 Å². The molecule has 2 N–H and O–H groups in total. The number of anilines is 1. The lowest BCUT2D eigenvalue weighted by atomic mass is 9.88. The Morgan fingerprint density at radius 2 is 2.11 bits per heavy atom. The number of hydrogen-bond donors (Lipinski definition) is 2. The van der Waals surface area contributed by atoms with Crippen molar-refractivity contribution >= 4 is 39.0 Å². The van der Waals surface area contributed by atoms with Crippen LogP contribution in [0, 0.1) is 0 Å². The Morgan fingerprint density at radius 3 is 2.93 bits per heavy atom. The van der Waals surface area contributed by atoms with E-state index in [0.29, 0.717) is 17.8 Å². The van der Waals surface area contributed by atoms with Crippen molar-refractivity contribution in [3.63, 3.8) is 0 Å². The van der Waals surface area contributed by atoms with Crippen molar-refractivity contribution in [1.29, 1.82) is 0 Å². The number of pyridine rings is 1. The Balaban J connectivity index is 1.33. The Morgan fingerprint density at radius 1 is 1.25 bits per heavy atom. The molecule has 0 radical (unpaired) electrons. The third-order valence-electron chi connectivity index (χ3n) is 4.90. The maximum atomic E-state index is 13.0. The van der Waals surface area contributed by atoms with Crippen LogP contribution in [0.2, 0.25) is 0 Å². The number of amidine groups is 1. The Kier molecular flexibility index (Phi) is 3.87. The number of hydrogen-bond acceptors (Lipinski definition) is 6. The second kappa shape index (κ2) is 6.30. The van der Waals surface area contributed by atoms with E-state index in [-0.39, 0.29) is 18.5 Å². The molecule has 2 aromatic heterocycles. The Hall–Kier alpha value is -2.94. The minimum absolute atomic E-state index is 0.270. The van der Waals surface area contributed by atoms with Crippen LogP contribution in [0.3, 0.4) is 0 Å². The number of aromatic nitrogens is 2. The molecule has 1 fully saturated rings. The van der Waals surface area contributed by atoms with Crippen LogP contribution in [0.1, 0.15) is 34.6 Å². The average molecular weight is 399 g/mol. The fraction of sp³-hybridized carbons (Fsp3) is 0.263. The summed E-state index contributed by atoms with van der Waals surface area (Å²) in [4.78, 5) is 21.2. The summed E-state index contributed by atoms with van der Waals surface area (Å²) in [6.07, 6.45) is 1.11. The minimum Gasteiger partial charge on any atom is -0.347 e. The largest absolute Gasteiger partial charge is 0.347 e. The quantitative estimate of drug-likeness (QED) is 0.706. The molecule has 0 unspecified atom stereocenters. The molecule has 5 rings (SSSR count). The first-order valence-corrected chi connectivity index (χ1v) is 9.60. The summed E-state index contributed by atoms with van der Waals surface area (Å²) < 4.78 is 31.0. The van der Waals surface area contributed by atoms with E-state index in [4.69, 9.17) is 0 Å². The predicted molar refractivity (Wildman–Crippen MR) is 103 cm³/mol. The van der Waals surface area contributed by atoms with Crippen LogP contribution < -0.4 is 10.6 Å². The molecule has 6 nitrogen and oxygen atoms in total. The van der Waals surface area contributed by atoms with Gasteiger partial charge < -0.3 is 10.6 Å². The molecule has 0 bridgehead atoms. The summed E-state index contributed by atoms with van der Waals surface area (Å²) in [7, 11) is 0. The molecule has 1 aromatic carbocycles. The summed E-state index contributed by atoms with van der Waals surface area (Å²) >= 11 is 1.20. The Bertz CT molecular complexity index is 1120. The Labute approximate surface area is 162 Å². The number of carbonyl (C=O) groups excluding carboxylic acids is 1. The normalized spacial score (nSPS) is 17.7. The molecule has 142 valence electrons. The first-order valence-electron chi connectivity index (χ1n) is 8.82. The van der Waals surface area contributed by atoms with Gasteiger partial charge in [0.2, 0.25) is 0 Å². The summed E-state index contributed by atoms with van der Waals surface area (Å²) in [6, 6.07) is 8.93. The molecule has 0 atom stereocenters. The number of fused-ring (bicyclic) bond motifs is 2. The SMILES string of the molecule is O=C(NC1CC(F)(F)C1)c1nsc2cc(NC3=NCc4cccnc43)ccc12. The van der Waals surface area contributed by atoms with E-state index < -0.39 is 17.9 Å². The summed E-state index contributed by atoms with van der Waals surface area (Å²) in [5, 5.41) is 6.60. The van der Waals surface area contributed by atoms with Crippen LogP contribution in [0.15, 0.2) is 41.5 Å². The molecule has 1 amide bonds. The van der Waals surface area contributed by atoms with Gasteiger partial charge in [-0.1, -0.05) is 6.07 Å². The molecule has 0 saturated heterocycles. The van der Waals surface area contributed by atoms with Crippen molar-refractivity contribution in [2.24, 2.45) is 4.99 Å². The van der Waals surface area contributed by atoms with E-state index in [1.165, 1.54) is 11.5 Å². The first kappa shape index (κ1) is 17.2. The van der Waals surface area contributed by atoms with Gasteiger partial charge in [0.25, 0.3) is 11.8 Å². The topological polar surface area (TPSA) is 79.3 Å². The number of nitrogens with zero attached hydrogens (tertiary/aromatic N) is 3. The standard InChI is InChI=1S/C19H15F2N5OS/c20-19(21)7-12(8-19)25-18(27)16-13-4-3-11(6-14(13)28-26-16)24-17-15-10(9-23-17)2-1-5-22-15/h1-6,12H,7-9H2,(H,23,24)(H,25,27). The highest BCUT2D eigenvalue weighted by Crippen LogP contribution is 2.37. The average Bonchev–Trinajstić information content (AvgIpc) is 3.24. The van der Waals surface area contributed by atoms with Crippen LogP contribution in [-0.2, 0) is 6.54 Å². The van der Waals surface area contributed by atoms with Crippen molar-refractivity contribution in [2.45, 2.75) is 31.4 Å². The lowest BCUT2D eigenvalue weighted by Crippen LogP contribution is -2.50. The van der Waals surface area contributed by atoms with Crippen LogP contribution in [0.25, 0.3) is 10.1 Å². The number of rotatable bonds is 3. The molecule has 1 saturated carbocycles. The molecule has 3 heterocycles. The third kappa shape index (κ3) is 3.01. The van der Waals surface area contributed by atoms with Gasteiger partial charge in [-0.3, -0.25) is 14.8 Å². The number of benzene rings is 1. The van der Waals surface area contributed by atoms with Crippen LogP contribution in [0.5, 0.6) is 0 Å². The highest BCUT2D eigenvalue weighted by Gasteiger charge is 2.46. The molecular formula is C19H15F2N5OS. The first-order chi connectivity index (χ1) is 13.5. The van der Waals surface area contributed by atoms with Gasteiger partial charge >= 0.3 is 0 Å². The molecule has 0 spiro atoms. The predicted octanol–water partition coefficient (Wildman–Crippen LogP) is 3.59. The fourth-order valence-electron chi connectivity index (χ4n) is 3.45. The van der Waals surface area contributed by atoms with Gasteiger partial charge in [0.05, 0.1) is 11.2 Å². The van der Waals surface area contributed by atoms with Crippen LogP contribution >= 0.6 is 11.5 Å². The summed E-state index contributed by atoms with van der Waals surface area (Å²) in [5.74, 6) is -2.37. The third-order valence-corrected chi connectivity index (χ3v) is 5.71. The lowest BCUT2D eigenvalue weighted by Gasteiger charge is -2.35. The van der Waals surface area contributed by atoms with Gasteiger partial charge in [-0.2, -0.15) is 4.37 Å². The summed E-state index contributed by atoms with van der Waals surface area (Å²) in [5.41, 5.74) is 3.00. The fourth-order valence-corrected chi connectivity index (χ4v) is 4.26. The number of amides is 1. The number of nitrogens with one attached hydrogen (secondary N) is 2. The van der Waals surface area contributed by atoms with Crippen molar-refractivity contribution in [1.82, 2.24) is 14.7 Å². The molecule has 1 aliphatic heterocycles. The van der Waals surface area contributed by atoms with Gasteiger partial charge in [-0.25, -0.2) is 8.78 Å². The highest BCUT2D eigenvalue weighted by molar-refractivity contribution is 7.13.